The van der Waals surface area contributed by atoms with Crippen LogP contribution in [-0.4, -0.2) is 52.7 Å². The average molecular weight is 510 g/mol. The highest BCUT2D eigenvalue weighted by molar-refractivity contribution is 6.33. The Morgan fingerprint density at radius 1 is 1.22 bits per heavy atom. The zero-order valence-corrected chi connectivity index (χ0v) is 21.6. The smallest absolute Gasteiger partial charge is 0.272 e. The van der Waals surface area contributed by atoms with Gasteiger partial charge in [-0.3, -0.25) is 9.59 Å². The topological polar surface area (TPSA) is 88.5 Å². The number of halogens is 1. The molecule has 190 valence electrons. The summed E-state index contributed by atoms with van der Waals surface area (Å²) >= 11 is 6.50. The summed E-state index contributed by atoms with van der Waals surface area (Å²) in [6.45, 7) is 3.35. The summed E-state index contributed by atoms with van der Waals surface area (Å²) in [7, 11) is 3.41. The number of carbonyl (C=O) groups is 1. The van der Waals surface area contributed by atoms with Crippen molar-refractivity contribution >= 4 is 45.5 Å². The van der Waals surface area contributed by atoms with Gasteiger partial charge in [-0.05, 0) is 50.7 Å². The lowest BCUT2D eigenvalue weighted by Gasteiger charge is -2.24. The number of carbonyl (C=O) groups excluding carboxylic acids is 1. The zero-order valence-electron chi connectivity index (χ0n) is 20.9. The summed E-state index contributed by atoms with van der Waals surface area (Å²) in [6.07, 6.45) is 5.78. The van der Waals surface area contributed by atoms with Gasteiger partial charge in [0.05, 0.1) is 34.6 Å². The van der Waals surface area contributed by atoms with Crippen LogP contribution in [0.15, 0.2) is 41.3 Å². The number of nitrogens with one attached hydrogen (secondary N) is 2. The van der Waals surface area contributed by atoms with Crippen LogP contribution in [0.5, 0.6) is 0 Å². The first-order chi connectivity index (χ1) is 17.4. The Morgan fingerprint density at radius 3 is 2.78 bits per heavy atom. The molecule has 9 heteroatoms. The molecule has 1 amide bonds. The van der Waals surface area contributed by atoms with Gasteiger partial charge >= 0.3 is 0 Å². The summed E-state index contributed by atoms with van der Waals surface area (Å²) in [4.78, 5) is 32.3. The number of pyridine rings is 2. The van der Waals surface area contributed by atoms with E-state index < -0.39 is 0 Å². The van der Waals surface area contributed by atoms with Crippen LogP contribution >= 0.6 is 11.6 Å². The van der Waals surface area contributed by atoms with Crippen molar-refractivity contribution in [3.63, 3.8) is 0 Å². The van der Waals surface area contributed by atoms with E-state index in [0.717, 1.165) is 35.1 Å². The number of fused-ring (bicyclic) bond motifs is 1. The Balaban J connectivity index is 1.49. The van der Waals surface area contributed by atoms with E-state index in [1.165, 1.54) is 19.0 Å². The van der Waals surface area contributed by atoms with Crippen molar-refractivity contribution in [2.75, 3.05) is 30.9 Å². The van der Waals surface area contributed by atoms with Crippen molar-refractivity contribution < 1.29 is 9.53 Å². The van der Waals surface area contributed by atoms with E-state index in [9.17, 15) is 9.59 Å². The molecule has 1 aliphatic heterocycles. The highest BCUT2D eigenvalue weighted by Gasteiger charge is 2.31. The molecule has 2 atom stereocenters. The lowest BCUT2D eigenvalue weighted by atomic mass is 10.1. The molecule has 0 radical (unpaired) electrons. The van der Waals surface area contributed by atoms with Gasteiger partial charge in [0, 0.05) is 50.1 Å². The van der Waals surface area contributed by atoms with Crippen LogP contribution in [0.25, 0.3) is 10.9 Å². The van der Waals surface area contributed by atoms with Crippen LogP contribution in [-0.2, 0) is 11.8 Å². The summed E-state index contributed by atoms with van der Waals surface area (Å²) < 4.78 is 6.93. The van der Waals surface area contributed by atoms with Crippen LogP contribution in [0.1, 0.15) is 43.1 Å². The molecule has 1 saturated carbocycles. The van der Waals surface area contributed by atoms with Crippen LogP contribution in [0.3, 0.4) is 0 Å². The minimum Gasteiger partial charge on any atom is -0.383 e. The number of aryl methyl sites for hydroxylation is 1. The standard InChI is InChI=1S/C27H32ClN5O3/c1-16(17-9-10-17)30-22-13-25(34)32(2)26-19(22)7-4-8-21(26)31-23-12-24(29-14-20(23)28)27(35)33-11-5-6-18(33)15-36-3/h4,7-8,12-14,16-18,30H,5-6,9-11,15H2,1-3H3,(H,29,31)/t16-,18+/m1/s1. The molecule has 1 aliphatic carbocycles. The first kappa shape index (κ1) is 24.6. The highest BCUT2D eigenvalue weighted by atomic mass is 35.5. The minimum absolute atomic E-state index is 0.0490. The molecular weight excluding hydrogens is 478 g/mol. The number of anilines is 3. The second kappa shape index (κ2) is 10.1. The molecule has 8 nitrogen and oxygen atoms in total. The third kappa shape index (κ3) is 4.80. The van der Waals surface area contributed by atoms with Crippen LogP contribution in [0.2, 0.25) is 5.02 Å². The van der Waals surface area contributed by atoms with Gasteiger partial charge in [0.2, 0.25) is 0 Å². The fourth-order valence-electron chi connectivity index (χ4n) is 5.12. The number of rotatable bonds is 8. The number of ether oxygens (including phenoxy) is 1. The SMILES string of the molecule is COC[C@@H]1CCCN1C(=O)c1cc(Nc2cccc3c(N[C@H](C)C4CC4)cc(=O)n(C)c23)c(Cl)cn1. The molecule has 5 rings (SSSR count). The van der Waals surface area contributed by atoms with E-state index in [4.69, 9.17) is 16.3 Å². The number of hydrogen-bond donors (Lipinski definition) is 2. The first-order valence-corrected chi connectivity index (χ1v) is 12.9. The van der Waals surface area contributed by atoms with E-state index in [1.54, 1.807) is 30.9 Å². The zero-order chi connectivity index (χ0) is 25.4. The lowest BCUT2D eigenvalue weighted by Crippen LogP contribution is -2.38. The summed E-state index contributed by atoms with van der Waals surface area (Å²) in [6, 6.07) is 9.55. The van der Waals surface area contributed by atoms with Gasteiger partial charge < -0.3 is 24.8 Å². The molecule has 2 aliphatic rings. The Morgan fingerprint density at radius 2 is 2.03 bits per heavy atom. The van der Waals surface area contributed by atoms with Crippen molar-refractivity contribution in [3.05, 3.63) is 57.6 Å². The molecule has 0 spiro atoms. The van der Waals surface area contributed by atoms with Gasteiger partial charge in [0.15, 0.2) is 0 Å². The number of aromatic nitrogens is 2. The fraction of sp³-hybridized carbons (Fsp3) is 0.444. The Kier molecular flexibility index (Phi) is 6.90. The lowest BCUT2D eigenvalue weighted by molar-refractivity contribution is 0.0625. The first-order valence-electron chi connectivity index (χ1n) is 12.5. The van der Waals surface area contributed by atoms with E-state index >= 15 is 0 Å². The number of amides is 1. The quantitative estimate of drug-likeness (QED) is 0.454. The molecule has 0 unspecified atom stereocenters. The molecule has 0 bridgehead atoms. The van der Waals surface area contributed by atoms with E-state index in [-0.39, 0.29) is 17.5 Å². The van der Waals surface area contributed by atoms with Crippen LogP contribution < -0.4 is 16.2 Å². The Labute approximate surface area is 215 Å². The van der Waals surface area contributed by atoms with Crippen LogP contribution in [0.4, 0.5) is 17.1 Å². The van der Waals surface area contributed by atoms with Crippen molar-refractivity contribution in [1.82, 2.24) is 14.5 Å². The molecule has 36 heavy (non-hydrogen) atoms. The molecule has 3 aromatic rings. The average Bonchev–Trinajstić information content (AvgIpc) is 3.62. The molecule has 1 saturated heterocycles. The predicted molar refractivity (Wildman–Crippen MR) is 143 cm³/mol. The molecule has 2 aromatic heterocycles. The van der Waals surface area contributed by atoms with E-state index in [2.05, 4.69) is 22.5 Å². The maximum Gasteiger partial charge on any atom is 0.272 e. The number of para-hydroxylation sites is 1. The van der Waals surface area contributed by atoms with E-state index in [1.807, 2.05) is 23.1 Å². The minimum atomic E-state index is -0.139. The Bertz CT molecular complexity index is 1350. The van der Waals surface area contributed by atoms with Crippen molar-refractivity contribution in [2.24, 2.45) is 13.0 Å². The van der Waals surface area contributed by atoms with Crippen molar-refractivity contribution in [1.29, 1.82) is 0 Å². The number of likely N-dealkylation sites (tertiary alicyclic amines) is 1. The van der Waals surface area contributed by atoms with Gasteiger partial charge in [-0.2, -0.15) is 0 Å². The third-order valence-corrected chi connectivity index (χ3v) is 7.61. The maximum absolute atomic E-state index is 13.2. The maximum atomic E-state index is 13.2. The molecule has 3 heterocycles. The molecular formula is C27H32ClN5O3. The molecule has 1 aromatic carbocycles. The van der Waals surface area contributed by atoms with Crippen molar-refractivity contribution in [3.8, 4) is 0 Å². The third-order valence-electron chi connectivity index (χ3n) is 7.31. The van der Waals surface area contributed by atoms with Gasteiger partial charge in [-0.1, -0.05) is 23.7 Å². The van der Waals surface area contributed by atoms with Crippen molar-refractivity contribution in [2.45, 2.75) is 44.7 Å². The van der Waals surface area contributed by atoms with Gasteiger partial charge in [-0.25, -0.2) is 4.98 Å². The number of methoxy groups -OCH3 is 1. The summed E-state index contributed by atoms with van der Waals surface area (Å²) in [5.74, 6) is 0.510. The van der Waals surface area contributed by atoms with Gasteiger partial charge in [0.25, 0.3) is 11.5 Å². The fourth-order valence-corrected chi connectivity index (χ4v) is 5.27. The second-order valence-corrected chi connectivity index (χ2v) is 10.3. The number of benzene rings is 1. The van der Waals surface area contributed by atoms with Gasteiger partial charge in [0.1, 0.15) is 5.69 Å². The second-order valence-electron chi connectivity index (χ2n) is 9.85. The van der Waals surface area contributed by atoms with Gasteiger partial charge in [-0.15, -0.1) is 0 Å². The van der Waals surface area contributed by atoms with E-state index in [0.29, 0.717) is 41.5 Å². The number of nitrogens with zero attached hydrogens (tertiary/aromatic N) is 3. The normalized spacial score (nSPS) is 18.4. The monoisotopic (exact) mass is 509 g/mol. The predicted octanol–water partition coefficient (Wildman–Crippen LogP) is 4.79. The highest BCUT2D eigenvalue weighted by Crippen LogP contribution is 2.36. The Hall–Kier alpha value is -3.10. The largest absolute Gasteiger partial charge is 0.383 e. The molecule has 2 fully saturated rings. The number of hydrogen-bond acceptors (Lipinski definition) is 6. The molecule has 2 N–H and O–H groups in total. The summed E-state index contributed by atoms with van der Waals surface area (Å²) in [5.41, 5.74) is 3.08. The van der Waals surface area contributed by atoms with Crippen LogP contribution in [0, 0.1) is 5.92 Å². The summed E-state index contributed by atoms with van der Waals surface area (Å²) in [5, 5.41) is 8.24.